The highest BCUT2D eigenvalue weighted by molar-refractivity contribution is 5.69. The summed E-state index contributed by atoms with van der Waals surface area (Å²) in [7, 11) is 0. The lowest BCUT2D eigenvalue weighted by Gasteiger charge is -2.09. The second kappa shape index (κ2) is 6.04. The third kappa shape index (κ3) is 3.47. The van der Waals surface area contributed by atoms with Crippen molar-refractivity contribution in [3.8, 4) is 5.88 Å². The molecule has 100 valence electrons. The van der Waals surface area contributed by atoms with Crippen molar-refractivity contribution in [1.82, 2.24) is 9.97 Å². The molecule has 7 nitrogen and oxygen atoms in total. The molecule has 1 rings (SSSR count). The van der Waals surface area contributed by atoms with E-state index in [0.29, 0.717) is 19.3 Å². The van der Waals surface area contributed by atoms with Crippen molar-refractivity contribution < 1.29 is 15.0 Å². The predicted molar refractivity (Wildman–Crippen MR) is 65.3 cm³/mol. The molecule has 1 heterocycles. The molecule has 1 atom stereocenters. The van der Waals surface area contributed by atoms with Crippen LogP contribution in [0.4, 0.5) is 5.95 Å². The number of aliphatic carboxylic acids is 1. The highest BCUT2D eigenvalue weighted by Crippen LogP contribution is 2.16. The summed E-state index contributed by atoms with van der Waals surface area (Å²) in [6.07, 6.45) is 1.76. The molecule has 0 spiro atoms. The number of nitrogens with zero attached hydrogens (tertiary/aromatic N) is 1. The first-order chi connectivity index (χ1) is 8.45. The Bertz CT molecular complexity index is 484. The number of aromatic hydroxyl groups is 1. The molecule has 18 heavy (non-hydrogen) atoms. The van der Waals surface area contributed by atoms with Gasteiger partial charge in [-0.1, -0.05) is 6.92 Å². The number of carbonyl (C=O) groups is 1. The minimum absolute atomic E-state index is 0.141. The largest absolute Gasteiger partial charge is 0.493 e. The molecule has 1 aromatic heterocycles. The molecule has 0 bridgehead atoms. The number of aromatic amines is 1. The quantitative estimate of drug-likeness (QED) is 0.585. The first kappa shape index (κ1) is 14.0. The van der Waals surface area contributed by atoms with E-state index in [4.69, 9.17) is 10.8 Å². The van der Waals surface area contributed by atoms with E-state index in [2.05, 4.69) is 9.97 Å². The molecular weight excluding hydrogens is 238 g/mol. The number of hydrogen-bond donors (Lipinski definition) is 4. The summed E-state index contributed by atoms with van der Waals surface area (Å²) >= 11 is 0. The fourth-order valence-corrected chi connectivity index (χ4v) is 1.76. The number of carboxylic acid groups (broad SMARTS) is 1. The van der Waals surface area contributed by atoms with Crippen LogP contribution >= 0.6 is 0 Å². The number of aromatic nitrogens is 2. The molecule has 0 aliphatic carbocycles. The van der Waals surface area contributed by atoms with Crippen molar-refractivity contribution in [1.29, 1.82) is 0 Å². The Morgan fingerprint density at radius 1 is 1.56 bits per heavy atom. The van der Waals surface area contributed by atoms with Crippen LogP contribution in [0.25, 0.3) is 0 Å². The van der Waals surface area contributed by atoms with Crippen LogP contribution in [0, 0.1) is 5.92 Å². The van der Waals surface area contributed by atoms with Crippen LogP contribution in [0.1, 0.15) is 31.7 Å². The number of carboxylic acids is 1. The Morgan fingerprint density at radius 2 is 2.22 bits per heavy atom. The fraction of sp³-hybridized carbons (Fsp3) is 0.545. The summed E-state index contributed by atoms with van der Waals surface area (Å²) < 4.78 is 0. The van der Waals surface area contributed by atoms with Crippen LogP contribution < -0.4 is 11.3 Å². The standard InChI is InChI=1S/C11H17N3O4/c1-2-6(10(17)18)4-3-5-7-8(15)13-11(12)14-9(7)16/h6H,2-5H2,1H3,(H,17,18)(H4,12,13,14,15,16)/t6-/m0/s1. The van der Waals surface area contributed by atoms with E-state index in [1.165, 1.54) is 0 Å². The molecule has 0 aliphatic heterocycles. The highest BCUT2D eigenvalue weighted by Gasteiger charge is 2.16. The molecule has 0 saturated heterocycles. The Hall–Kier alpha value is -2.05. The van der Waals surface area contributed by atoms with Gasteiger partial charge in [-0.05, 0) is 25.7 Å². The van der Waals surface area contributed by atoms with Gasteiger partial charge in [0.05, 0.1) is 11.5 Å². The van der Waals surface area contributed by atoms with Gasteiger partial charge < -0.3 is 15.9 Å². The summed E-state index contributed by atoms with van der Waals surface area (Å²) in [4.78, 5) is 28.1. The van der Waals surface area contributed by atoms with Gasteiger partial charge in [-0.3, -0.25) is 14.6 Å². The van der Waals surface area contributed by atoms with Crippen molar-refractivity contribution in [2.75, 3.05) is 5.73 Å². The third-order valence-electron chi connectivity index (χ3n) is 2.83. The second-order valence-electron chi connectivity index (χ2n) is 4.09. The zero-order chi connectivity index (χ0) is 13.7. The molecule has 7 heteroatoms. The lowest BCUT2D eigenvalue weighted by atomic mass is 9.98. The molecule has 0 fully saturated rings. The average Bonchev–Trinajstić information content (AvgIpc) is 2.26. The summed E-state index contributed by atoms with van der Waals surface area (Å²) in [5.74, 6) is -1.79. The van der Waals surface area contributed by atoms with Crippen LogP contribution in [0.5, 0.6) is 5.88 Å². The van der Waals surface area contributed by atoms with Crippen LogP contribution in [-0.2, 0) is 11.2 Å². The zero-order valence-electron chi connectivity index (χ0n) is 10.1. The summed E-state index contributed by atoms with van der Waals surface area (Å²) in [6, 6.07) is 0. The maximum atomic E-state index is 11.5. The van der Waals surface area contributed by atoms with Crippen molar-refractivity contribution in [3.05, 3.63) is 15.9 Å². The zero-order valence-corrected chi connectivity index (χ0v) is 10.1. The van der Waals surface area contributed by atoms with Crippen LogP contribution in [-0.4, -0.2) is 26.2 Å². The van der Waals surface area contributed by atoms with Crippen LogP contribution in [0.3, 0.4) is 0 Å². The second-order valence-corrected chi connectivity index (χ2v) is 4.09. The van der Waals surface area contributed by atoms with Gasteiger partial charge in [-0.2, -0.15) is 4.98 Å². The molecule has 0 amide bonds. The van der Waals surface area contributed by atoms with E-state index in [9.17, 15) is 14.7 Å². The fourth-order valence-electron chi connectivity index (χ4n) is 1.76. The van der Waals surface area contributed by atoms with Gasteiger partial charge in [0.15, 0.2) is 0 Å². The topological polar surface area (TPSA) is 129 Å². The molecule has 1 aromatic rings. The Labute approximate surface area is 104 Å². The van der Waals surface area contributed by atoms with E-state index < -0.39 is 17.4 Å². The lowest BCUT2D eigenvalue weighted by molar-refractivity contribution is -0.142. The maximum Gasteiger partial charge on any atom is 0.306 e. The number of nitrogen functional groups attached to an aromatic ring is 1. The predicted octanol–water partition coefficient (Wildman–Crippen LogP) is 0.491. The van der Waals surface area contributed by atoms with E-state index >= 15 is 0 Å². The SMILES string of the molecule is CC[C@@H](CCCc1c(O)nc(N)[nH]c1=O)C(=O)O. The van der Waals surface area contributed by atoms with Gasteiger partial charge in [0, 0.05) is 0 Å². The average molecular weight is 255 g/mol. The Balaban J connectivity index is 2.65. The Kier molecular flexibility index (Phi) is 4.70. The van der Waals surface area contributed by atoms with E-state index in [1.807, 2.05) is 0 Å². The molecule has 0 aromatic carbocycles. The minimum atomic E-state index is -0.842. The van der Waals surface area contributed by atoms with E-state index in [-0.39, 0.29) is 23.8 Å². The van der Waals surface area contributed by atoms with Gasteiger partial charge in [0.2, 0.25) is 11.8 Å². The van der Waals surface area contributed by atoms with Crippen LogP contribution in [0.15, 0.2) is 4.79 Å². The Morgan fingerprint density at radius 3 is 2.72 bits per heavy atom. The molecule has 0 saturated carbocycles. The van der Waals surface area contributed by atoms with Crippen LogP contribution in [0.2, 0.25) is 0 Å². The number of hydrogen-bond acceptors (Lipinski definition) is 5. The van der Waals surface area contributed by atoms with Gasteiger partial charge in [0.25, 0.3) is 5.56 Å². The number of anilines is 1. The monoisotopic (exact) mass is 255 g/mol. The molecular formula is C11H17N3O4. The molecule has 5 N–H and O–H groups in total. The van der Waals surface area contributed by atoms with Crippen molar-refractivity contribution in [2.24, 2.45) is 5.92 Å². The van der Waals surface area contributed by atoms with Gasteiger partial charge in [-0.15, -0.1) is 0 Å². The smallest absolute Gasteiger partial charge is 0.306 e. The van der Waals surface area contributed by atoms with Crippen molar-refractivity contribution >= 4 is 11.9 Å². The first-order valence-corrected chi connectivity index (χ1v) is 5.76. The first-order valence-electron chi connectivity index (χ1n) is 5.76. The summed E-state index contributed by atoms with van der Waals surface area (Å²) in [6.45, 7) is 1.80. The van der Waals surface area contributed by atoms with Crippen molar-refractivity contribution in [2.45, 2.75) is 32.6 Å². The minimum Gasteiger partial charge on any atom is -0.493 e. The molecule has 0 radical (unpaired) electrons. The van der Waals surface area contributed by atoms with Gasteiger partial charge in [-0.25, -0.2) is 0 Å². The summed E-state index contributed by atoms with van der Waals surface area (Å²) in [5, 5.41) is 18.3. The maximum absolute atomic E-state index is 11.5. The number of nitrogens with two attached hydrogens (primary N) is 1. The summed E-state index contributed by atoms with van der Waals surface area (Å²) in [5.41, 5.74) is 4.92. The highest BCUT2D eigenvalue weighted by atomic mass is 16.4. The van der Waals surface area contributed by atoms with Crippen molar-refractivity contribution in [3.63, 3.8) is 0 Å². The number of nitrogens with one attached hydrogen (secondary N) is 1. The third-order valence-corrected chi connectivity index (χ3v) is 2.83. The van der Waals surface area contributed by atoms with Gasteiger partial charge >= 0.3 is 5.97 Å². The van der Waals surface area contributed by atoms with E-state index in [0.717, 1.165) is 0 Å². The van der Waals surface area contributed by atoms with Gasteiger partial charge in [0.1, 0.15) is 0 Å². The number of rotatable bonds is 6. The normalized spacial score (nSPS) is 12.3. The molecule has 0 aliphatic rings. The molecule has 0 unspecified atom stereocenters. The lowest BCUT2D eigenvalue weighted by Crippen LogP contribution is -2.17. The number of H-pyrrole nitrogens is 1. The van der Waals surface area contributed by atoms with E-state index in [1.54, 1.807) is 6.92 Å².